The molecular formula is C32H17Cl3N8Si. The lowest BCUT2D eigenvalue weighted by molar-refractivity contribution is 1.19. The van der Waals surface area contributed by atoms with Crippen molar-refractivity contribution in [2.24, 2.45) is 0 Å². The Morgan fingerprint density at radius 1 is 0.409 bits per heavy atom. The van der Waals surface area contributed by atoms with Crippen LogP contribution in [0, 0.1) is 0 Å². The van der Waals surface area contributed by atoms with Crippen LogP contribution in [-0.4, -0.2) is 45.9 Å². The van der Waals surface area contributed by atoms with E-state index in [0.29, 0.717) is 56.5 Å². The second-order valence-corrected chi connectivity index (χ2v) is 18.9. The Kier molecular flexibility index (Phi) is 5.52. The quantitative estimate of drug-likeness (QED) is 0.139. The number of benzene rings is 4. The number of fused-ring (bicyclic) bond motifs is 20. The van der Waals surface area contributed by atoms with Crippen molar-refractivity contribution in [2.75, 3.05) is 0 Å². The van der Waals surface area contributed by atoms with Crippen LogP contribution >= 0.6 is 33.2 Å². The summed E-state index contributed by atoms with van der Waals surface area (Å²) in [6.45, 7) is 0. The molecule has 44 heavy (non-hydrogen) atoms. The van der Waals surface area contributed by atoms with Crippen molar-refractivity contribution in [1.82, 2.24) is 39.9 Å². The molecule has 0 aliphatic carbocycles. The van der Waals surface area contributed by atoms with Crippen LogP contribution in [0.2, 0.25) is 0 Å². The number of hydrogen-bond donors (Lipinski definition) is 2. The summed E-state index contributed by atoms with van der Waals surface area (Å²) in [5.74, 6) is 2.07. The number of hydrogen-bond acceptors (Lipinski definition) is 6. The van der Waals surface area contributed by atoms with Gasteiger partial charge < -0.3 is 9.97 Å². The van der Waals surface area contributed by atoms with Gasteiger partial charge >= 0.3 is 6.00 Å². The molecule has 0 saturated carbocycles. The first-order valence-corrected chi connectivity index (χ1v) is 18.8. The van der Waals surface area contributed by atoms with Gasteiger partial charge in [0.15, 0.2) is 23.3 Å². The van der Waals surface area contributed by atoms with E-state index in [1.165, 1.54) is 0 Å². The van der Waals surface area contributed by atoms with Crippen LogP contribution in [0.4, 0.5) is 0 Å². The van der Waals surface area contributed by atoms with Gasteiger partial charge in [0.1, 0.15) is 22.6 Å². The van der Waals surface area contributed by atoms with E-state index in [1.54, 1.807) is 0 Å². The average Bonchev–Trinajstić information content (AvgIpc) is 3.76. The fraction of sp³-hybridized carbons (Fsp3) is 0. The zero-order chi connectivity index (χ0) is 29.6. The molecule has 2 aliphatic heterocycles. The minimum atomic E-state index is -3.36. The Labute approximate surface area is 263 Å². The molecule has 3 aromatic heterocycles. The van der Waals surface area contributed by atoms with Gasteiger partial charge in [0.25, 0.3) is 0 Å². The highest BCUT2D eigenvalue weighted by Gasteiger charge is 2.32. The molecule has 0 radical (unpaired) electrons. The maximum absolute atomic E-state index is 6.62. The first-order valence-electron chi connectivity index (χ1n) is 13.7. The highest BCUT2D eigenvalue weighted by molar-refractivity contribution is 7.69. The first-order chi connectivity index (χ1) is 21.4. The third-order valence-electron chi connectivity index (χ3n) is 7.88. The van der Waals surface area contributed by atoms with Gasteiger partial charge in [0.2, 0.25) is 0 Å². The average molecular weight is 648 g/mol. The predicted octanol–water partition coefficient (Wildman–Crippen LogP) is 7.73. The van der Waals surface area contributed by atoms with Crippen molar-refractivity contribution >= 4 is 88.6 Å². The summed E-state index contributed by atoms with van der Waals surface area (Å²) in [6, 6.07) is 26.0. The first kappa shape index (κ1) is 25.8. The van der Waals surface area contributed by atoms with E-state index < -0.39 is 6.00 Å². The third kappa shape index (κ3) is 3.90. The molecule has 4 aromatic carbocycles. The topological polar surface area (TPSA) is 109 Å². The lowest BCUT2D eigenvalue weighted by Crippen LogP contribution is -2.30. The van der Waals surface area contributed by atoms with Gasteiger partial charge in [-0.2, -0.15) is 0 Å². The molecule has 2 aliphatic rings. The molecule has 8 nitrogen and oxygen atoms in total. The maximum Gasteiger partial charge on any atom is 0.373 e. The van der Waals surface area contributed by atoms with Crippen molar-refractivity contribution < 1.29 is 0 Å². The van der Waals surface area contributed by atoms with Crippen LogP contribution in [0.3, 0.4) is 0 Å². The molecule has 12 heteroatoms. The van der Waals surface area contributed by atoms with Gasteiger partial charge in [-0.1, -0.05) is 91.0 Å². The number of H-pyrrole nitrogens is 2. The van der Waals surface area contributed by atoms with Gasteiger partial charge in [0, 0.05) is 43.8 Å². The van der Waals surface area contributed by atoms with E-state index >= 15 is 0 Å². The fourth-order valence-electron chi connectivity index (χ4n) is 5.93. The Bertz CT molecular complexity index is 2510. The number of aromatic amines is 2. The molecule has 9 rings (SSSR count). The van der Waals surface area contributed by atoms with Crippen molar-refractivity contribution in [3.05, 3.63) is 91.0 Å². The van der Waals surface area contributed by atoms with Gasteiger partial charge in [-0.25, -0.2) is 29.9 Å². The second kappa shape index (κ2) is 9.41. The fourth-order valence-corrected chi connectivity index (χ4v) is 8.17. The standard InChI is InChI=1S/C32H17Cl3N8Si/c33-44(34,35)23-15-7-14-22-24(23)32-42-30-21-13-6-5-12-20(21)28(40-30)38-26-17-9-2-1-8-16(17)25(36-26)37-27-18-10-3-4-11-19(18)29(39-27)41-31(22)43-32/h1-15H,(H2,36,37,38,39,40,41,42,43). The van der Waals surface area contributed by atoms with E-state index in [1.807, 2.05) is 91.0 Å². The molecule has 7 aromatic rings. The van der Waals surface area contributed by atoms with Crippen LogP contribution in [-0.2, 0) is 0 Å². The molecule has 8 bridgehead atoms. The molecule has 0 fully saturated rings. The molecule has 0 spiro atoms. The largest absolute Gasteiger partial charge is 0.373 e. The van der Waals surface area contributed by atoms with Crippen LogP contribution in [0.5, 0.6) is 0 Å². The summed E-state index contributed by atoms with van der Waals surface area (Å²) in [5.41, 5.74) is 5.74. The minimum Gasteiger partial charge on any atom is -0.324 e. The summed E-state index contributed by atoms with van der Waals surface area (Å²) in [6.07, 6.45) is 0. The van der Waals surface area contributed by atoms with Crippen LogP contribution in [0.1, 0.15) is 0 Å². The summed E-state index contributed by atoms with van der Waals surface area (Å²) < 4.78 is 0. The molecule has 0 unspecified atom stereocenters. The Morgan fingerprint density at radius 2 is 0.795 bits per heavy atom. The molecular weight excluding hydrogens is 631 g/mol. The number of rotatable bonds is 1. The highest BCUT2D eigenvalue weighted by Crippen LogP contribution is 2.37. The summed E-state index contributed by atoms with van der Waals surface area (Å²) in [7, 11) is 0. The molecule has 210 valence electrons. The van der Waals surface area contributed by atoms with E-state index in [2.05, 4.69) is 9.97 Å². The zero-order valence-electron chi connectivity index (χ0n) is 22.5. The number of nitrogens with zero attached hydrogens (tertiary/aromatic N) is 6. The SMILES string of the molecule is Cl[Si](Cl)(Cl)c1cccc2c3nc4nc(nc5[nH]c(nc6nc(nc([nH]3)c12)-c1ccccc1-6)c1ccccc51)-c1ccccc1-4. The molecule has 0 saturated heterocycles. The monoisotopic (exact) mass is 646 g/mol. The predicted molar refractivity (Wildman–Crippen MR) is 179 cm³/mol. The van der Waals surface area contributed by atoms with Crippen LogP contribution in [0.15, 0.2) is 91.0 Å². The summed E-state index contributed by atoms with van der Waals surface area (Å²) in [5, 5.41) is 3.89. The van der Waals surface area contributed by atoms with Gasteiger partial charge in [-0.15, -0.1) is 33.2 Å². The second-order valence-electron chi connectivity index (χ2n) is 10.5. The number of halogens is 3. The summed E-state index contributed by atoms with van der Waals surface area (Å²) >= 11 is 19.9. The normalized spacial score (nSPS) is 12.4. The van der Waals surface area contributed by atoms with Gasteiger partial charge in [0.05, 0.1) is 0 Å². The maximum atomic E-state index is 6.62. The highest BCUT2D eigenvalue weighted by atomic mass is 35.8. The molecule has 5 heterocycles. The number of aromatic nitrogens is 8. The summed E-state index contributed by atoms with van der Waals surface area (Å²) in [4.78, 5) is 36.7. The van der Waals surface area contributed by atoms with Crippen LogP contribution < -0.4 is 5.19 Å². The smallest absolute Gasteiger partial charge is 0.324 e. The van der Waals surface area contributed by atoms with Crippen molar-refractivity contribution in [1.29, 1.82) is 0 Å². The van der Waals surface area contributed by atoms with Crippen molar-refractivity contribution in [3.63, 3.8) is 0 Å². The van der Waals surface area contributed by atoms with E-state index in [0.717, 1.165) is 38.4 Å². The Hall–Kier alpha value is -4.67. The van der Waals surface area contributed by atoms with Crippen molar-refractivity contribution in [3.8, 4) is 45.6 Å². The Morgan fingerprint density at radius 3 is 1.27 bits per heavy atom. The third-order valence-corrected chi connectivity index (χ3v) is 10.7. The minimum absolute atomic E-state index is 0.488. The van der Waals surface area contributed by atoms with Crippen molar-refractivity contribution in [2.45, 2.75) is 0 Å². The van der Waals surface area contributed by atoms with E-state index in [-0.39, 0.29) is 0 Å². The lowest BCUT2D eigenvalue weighted by atomic mass is 10.1. The molecule has 2 N–H and O–H groups in total. The van der Waals surface area contributed by atoms with Gasteiger partial charge in [-0.3, -0.25) is 0 Å². The molecule has 0 amide bonds. The van der Waals surface area contributed by atoms with E-state index in [4.69, 9.17) is 63.1 Å². The van der Waals surface area contributed by atoms with Gasteiger partial charge in [-0.05, 0) is 5.19 Å². The molecule has 0 atom stereocenters. The Balaban J connectivity index is 1.52. The van der Waals surface area contributed by atoms with E-state index in [9.17, 15) is 0 Å². The lowest BCUT2D eigenvalue weighted by Gasteiger charge is -2.09. The van der Waals surface area contributed by atoms with Crippen LogP contribution in [0.25, 0.3) is 89.7 Å². The zero-order valence-corrected chi connectivity index (χ0v) is 25.7. The number of nitrogens with one attached hydrogen (secondary N) is 2.